The number of nitrogens with two attached hydrogens (primary N) is 1. The number of rotatable bonds is 4. The number of likely N-dealkylation sites (tertiary alicyclic amines) is 1. The molecule has 1 saturated heterocycles. The van der Waals surface area contributed by atoms with Crippen LogP contribution in [0.3, 0.4) is 0 Å². The predicted molar refractivity (Wildman–Crippen MR) is 71.6 cm³/mol. The molecule has 1 saturated carbocycles. The van der Waals surface area contributed by atoms with Crippen LogP contribution in [0.25, 0.3) is 0 Å². The van der Waals surface area contributed by atoms with E-state index in [1.54, 1.807) is 0 Å². The van der Waals surface area contributed by atoms with Crippen molar-refractivity contribution in [3.63, 3.8) is 0 Å². The molecule has 102 valence electrons. The summed E-state index contributed by atoms with van der Waals surface area (Å²) in [7, 11) is 0. The lowest BCUT2D eigenvalue weighted by Gasteiger charge is -2.35. The summed E-state index contributed by atoms with van der Waals surface area (Å²) in [4.78, 5) is 16.4. The van der Waals surface area contributed by atoms with E-state index in [0.29, 0.717) is 24.9 Å². The van der Waals surface area contributed by atoms with Gasteiger partial charge in [-0.25, -0.2) is 4.79 Å². The number of urea groups is 1. The molecule has 5 heteroatoms. The van der Waals surface area contributed by atoms with E-state index in [0.717, 1.165) is 32.4 Å². The van der Waals surface area contributed by atoms with Crippen LogP contribution in [0.2, 0.25) is 0 Å². The van der Waals surface area contributed by atoms with Crippen LogP contribution in [0.1, 0.15) is 39.0 Å². The molecule has 1 heterocycles. The molecular weight excluding hydrogens is 228 g/mol. The van der Waals surface area contributed by atoms with Crippen LogP contribution in [0.15, 0.2) is 0 Å². The Hall–Kier alpha value is -1.26. The SMILES string of the molecule is CC1CCCN(C(=O)N(CCC(=N)N)C2CC2)C1. The molecule has 2 fully saturated rings. The van der Waals surface area contributed by atoms with Gasteiger partial charge in [-0.05, 0) is 31.6 Å². The van der Waals surface area contributed by atoms with Crippen molar-refractivity contribution in [2.24, 2.45) is 11.7 Å². The average molecular weight is 252 g/mol. The monoisotopic (exact) mass is 252 g/mol. The van der Waals surface area contributed by atoms with E-state index < -0.39 is 0 Å². The van der Waals surface area contributed by atoms with E-state index in [4.69, 9.17) is 11.1 Å². The van der Waals surface area contributed by atoms with E-state index in [1.807, 2.05) is 9.80 Å². The van der Waals surface area contributed by atoms with E-state index in [2.05, 4.69) is 6.92 Å². The highest BCUT2D eigenvalue weighted by atomic mass is 16.2. The molecule has 1 unspecified atom stereocenters. The second-order valence-electron chi connectivity index (χ2n) is 5.68. The van der Waals surface area contributed by atoms with E-state index in [1.165, 1.54) is 6.42 Å². The molecular formula is C13H24N4O. The Balaban J connectivity index is 1.92. The lowest BCUT2D eigenvalue weighted by atomic mass is 10.0. The normalized spacial score (nSPS) is 23.8. The molecule has 2 aliphatic rings. The van der Waals surface area contributed by atoms with Crippen molar-refractivity contribution in [1.82, 2.24) is 9.80 Å². The maximum Gasteiger partial charge on any atom is 0.320 e. The summed E-state index contributed by atoms with van der Waals surface area (Å²) in [5.74, 6) is 0.775. The second kappa shape index (κ2) is 5.59. The first kappa shape index (κ1) is 13.2. The maximum atomic E-state index is 12.5. The lowest BCUT2D eigenvalue weighted by Crippen LogP contribution is -2.48. The molecule has 0 bridgehead atoms. The van der Waals surface area contributed by atoms with Gasteiger partial charge in [-0.15, -0.1) is 0 Å². The zero-order valence-electron chi connectivity index (χ0n) is 11.2. The summed E-state index contributed by atoms with van der Waals surface area (Å²) in [6.45, 7) is 4.56. The molecule has 1 aliphatic heterocycles. The van der Waals surface area contributed by atoms with Crippen molar-refractivity contribution in [2.45, 2.75) is 45.1 Å². The highest BCUT2D eigenvalue weighted by Gasteiger charge is 2.35. The Bertz CT molecular complexity index is 327. The van der Waals surface area contributed by atoms with Gasteiger partial charge in [0.2, 0.25) is 0 Å². The van der Waals surface area contributed by atoms with Crippen LogP contribution in [0, 0.1) is 11.3 Å². The fraction of sp³-hybridized carbons (Fsp3) is 0.846. The first-order chi connectivity index (χ1) is 8.58. The van der Waals surface area contributed by atoms with E-state index >= 15 is 0 Å². The number of hydrogen-bond donors (Lipinski definition) is 2. The molecule has 0 aromatic heterocycles. The molecule has 5 nitrogen and oxygen atoms in total. The van der Waals surface area contributed by atoms with Gasteiger partial charge >= 0.3 is 6.03 Å². The summed E-state index contributed by atoms with van der Waals surface area (Å²) in [6, 6.07) is 0.555. The summed E-state index contributed by atoms with van der Waals surface area (Å²) >= 11 is 0. The average Bonchev–Trinajstić information content (AvgIpc) is 3.13. The van der Waals surface area contributed by atoms with Crippen LogP contribution >= 0.6 is 0 Å². The lowest BCUT2D eigenvalue weighted by molar-refractivity contribution is 0.129. The van der Waals surface area contributed by atoms with Gasteiger partial charge in [0.25, 0.3) is 0 Å². The molecule has 1 atom stereocenters. The van der Waals surface area contributed by atoms with Crippen LogP contribution in [0.5, 0.6) is 0 Å². The summed E-state index contributed by atoms with van der Waals surface area (Å²) in [5, 5.41) is 7.29. The highest BCUT2D eigenvalue weighted by molar-refractivity contribution is 5.79. The Morgan fingerprint density at radius 3 is 2.72 bits per heavy atom. The number of piperidine rings is 1. The van der Waals surface area contributed by atoms with E-state index in [9.17, 15) is 4.79 Å². The van der Waals surface area contributed by atoms with Crippen molar-refractivity contribution in [1.29, 1.82) is 5.41 Å². The Morgan fingerprint density at radius 2 is 2.17 bits per heavy atom. The quantitative estimate of drug-likeness (QED) is 0.589. The van der Waals surface area contributed by atoms with Crippen LogP contribution in [-0.2, 0) is 0 Å². The minimum absolute atomic E-state index is 0.158. The molecule has 3 N–H and O–H groups in total. The maximum absolute atomic E-state index is 12.5. The van der Waals surface area contributed by atoms with Gasteiger partial charge in [-0.2, -0.15) is 0 Å². The highest BCUT2D eigenvalue weighted by Crippen LogP contribution is 2.29. The topological polar surface area (TPSA) is 73.4 Å². The first-order valence-corrected chi connectivity index (χ1v) is 6.96. The van der Waals surface area contributed by atoms with Gasteiger partial charge in [-0.1, -0.05) is 6.92 Å². The number of amides is 2. The number of amidine groups is 1. The number of carbonyl (C=O) groups is 1. The van der Waals surface area contributed by atoms with Gasteiger partial charge < -0.3 is 15.5 Å². The molecule has 18 heavy (non-hydrogen) atoms. The predicted octanol–water partition coefficient (Wildman–Crippen LogP) is 1.63. The van der Waals surface area contributed by atoms with Crippen LogP contribution < -0.4 is 5.73 Å². The third-order valence-corrected chi connectivity index (χ3v) is 3.78. The molecule has 0 aromatic rings. The zero-order valence-corrected chi connectivity index (χ0v) is 11.2. The van der Waals surface area contributed by atoms with Gasteiger partial charge in [0.05, 0.1) is 5.84 Å². The molecule has 2 amide bonds. The Kier molecular flexibility index (Phi) is 4.09. The largest absolute Gasteiger partial charge is 0.388 e. The number of hydrogen-bond acceptors (Lipinski definition) is 2. The Morgan fingerprint density at radius 1 is 1.44 bits per heavy atom. The zero-order chi connectivity index (χ0) is 13.1. The summed E-state index contributed by atoms with van der Waals surface area (Å²) < 4.78 is 0. The molecule has 2 rings (SSSR count). The first-order valence-electron chi connectivity index (χ1n) is 6.96. The number of nitrogens with zero attached hydrogens (tertiary/aromatic N) is 2. The fourth-order valence-electron chi connectivity index (χ4n) is 2.61. The standard InChI is InChI=1S/C13H24N4O/c1-10-3-2-7-16(9-10)13(18)17(11-4-5-11)8-6-12(14)15/h10-11H,2-9H2,1H3,(H3,14,15). The number of carbonyl (C=O) groups excluding carboxylic acids is 1. The molecule has 0 spiro atoms. The van der Waals surface area contributed by atoms with Crippen molar-refractivity contribution in [3.05, 3.63) is 0 Å². The van der Waals surface area contributed by atoms with E-state index in [-0.39, 0.29) is 11.9 Å². The molecule has 1 aliphatic carbocycles. The van der Waals surface area contributed by atoms with Crippen molar-refractivity contribution in [3.8, 4) is 0 Å². The summed E-state index contributed by atoms with van der Waals surface area (Å²) in [6.07, 6.45) is 5.03. The van der Waals surface area contributed by atoms with Gasteiger partial charge in [0.15, 0.2) is 0 Å². The fourth-order valence-corrected chi connectivity index (χ4v) is 2.61. The smallest absolute Gasteiger partial charge is 0.320 e. The Labute approximate surface area is 109 Å². The molecule has 0 aromatic carbocycles. The minimum atomic E-state index is 0.158. The van der Waals surface area contributed by atoms with Crippen molar-refractivity contribution >= 4 is 11.9 Å². The third-order valence-electron chi connectivity index (χ3n) is 3.78. The van der Waals surface area contributed by atoms with Crippen molar-refractivity contribution in [2.75, 3.05) is 19.6 Å². The van der Waals surface area contributed by atoms with Crippen LogP contribution in [0.4, 0.5) is 4.79 Å². The van der Waals surface area contributed by atoms with Gasteiger partial charge in [0, 0.05) is 32.1 Å². The number of nitrogens with one attached hydrogen (secondary N) is 1. The molecule has 0 radical (unpaired) electrons. The summed E-state index contributed by atoms with van der Waals surface area (Å²) in [5.41, 5.74) is 5.39. The van der Waals surface area contributed by atoms with Gasteiger partial charge in [-0.3, -0.25) is 5.41 Å². The van der Waals surface area contributed by atoms with Crippen molar-refractivity contribution < 1.29 is 4.79 Å². The second-order valence-corrected chi connectivity index (χ2v) is 5.68. The third kappa shape index (κ3) is 3.37. The van der Waals surface area contributed by atoms with Crippen LogP contribution in [-0.4, -0.2) is 47.3 Å². The van der Waals surface area contributed by atoms with Gasteiger partial charge in [0.1, 0.15) is 0 Å². The minimum Gasteiger partial charge on any atom is -0.388 e.